The van der Waals surface area contributed by atoms with E-state index >= 15 is 0 Å². The van der Waals surface area contributed by atoms with Crippen LogP contribution in [0, 0.1) is 5.92 Å². The van der Waals surface area contributed by atoms with Gasteiger partial charge in [-0.25, -0.2) is 8.78 Å². The number of hydrogen-bond donors (Lipinski definition) is 0. The molecule has 0 bridgehead atoms. The van der Waals surface area contributed by atoms with E-state index < -0.39 is 12.3 Å². The average molecular weight is 429 g/mol. The van der Waals surface area contributed by atoms with E-state index in [1.807, 2.05) is 0 Å². The van der Waals surface area contributed by atoms with E-state index in [4.69, 9.17) is 4.74 Å². The summed E-state index contributed by atoms with van der Waals surface area (Å²) in [6.07, 6.45) is 9.91. The van der Waals surface area contributed by atoms with Crippen molar-refractivity contribution in [1.82, 2.24) is 0 Å². The van der Waals surface area contributed by atoms with E-state index in [0.29, 0.717) is 18.8 Å². The molecule has 0 spiro atoms. The largest absolute Gasteiger partial charge is 0.494 e. The first-order valence-corrected chi connectivity index (χ1v) is 12.3. The Hall–Kier alpha value is -1.90. The summed E-state index contributed by atoms with van der Waals surface area (Å²) in [5.74, 6) is 0.954. The number of hydrogen-bond acceptors (Lipinski definition) is 1. The molecule has 0 aromatic heterocycles. The van der Waals surface area contributed by atoms with Gasteiger partial charge in [0.15, 0.2) is 0 Å². The summed E-state index contributed by atoms with van der Waals surface area (Å²) in [6.45, 7) is 3.04. The third-order valence-corrected chi connectivity index (χ3v) is 6.71. The van der Waals surface area contributed by atoms with Crippen LogP contribution in [0.25, 0.3) is 11.1 Å². The van der Waals surface area contributed by atoms with Crippen molar-refractivity contribution in [2.45, 2.75) is 89.9 Å². The maximum atomic E-state index is 12.9. The van der Waals surface area contributed by atoms with Crippen molar-refractivity contribution in [2.75, 3.05) is 6.61 Å². The lowest BCUT2D eigenvalue weighted by Crippen LogP contribution is -2.19. The molecule has 0 unspecified atom stereocenters. The molecule has 1 saturated carbocycles. The lowest BCUT2D eigenvalue weighted by molar-refractivity contribution is 0.0528. The molecule has 3 rings (SSSR count). The predicted molar refractivity (Wildman–Crippen MR) is 126 cm³/mol. The van der Waals surface area contributed by atoms with Gasteiger partial charge in [0.2, 0.25) is 6.43 Å². The summed E-state index contributed by atoms with van der Waals surface area (Å²) >= 11 is 0. The van der Waals surface area contributed by atoms with Gasteiger partial charge in [-0.2, -0.15) is 0 Å². The highest BCUT2D eigenvalue weighted by molar-refractivity contribution is 5.64. The van der Waals surface area contributed by atoms with Crippen molar-refractivity contribution in [2.24, 2.45) is 5.92 Å². The van der Waals surface area contributed by atoms with Crippen LogP contribution in [0.4, 0.5) is 8.78 Å². The Kier molecular flexibility index (Phi) is 9.84. The Balaban J connectivity index is 1.41. The Morgan fingerprint density at radius 1 is 0.742 bits per heavy atom. The fraction of sp³-hybridized carbons (Fsp3) is 0.571. The normalized spacial score (nSPS) is 19.0. The standard InChI is InChI=1S/C28H38F2O/c1-2-3-4-5-6-7-8-21-31-27-19-17-25(18-20-27)23-11-9-22(10-12-23)24-13-15-26(16-14-24)28(29)30/h9-12,17-20,24,26,28H,2-8,13-16,21H2,1H3/t24-,26-. The quantitative estimate of drug-likeness (QED) is 0.306. The molecular formula is C28H38F2O. The summed E-state index contributed by atoms with van der Waals surface area (Å²) in [5.41, 5.74) is 3.64. The fourth-order valence-electron chi connectivity index (χ4n) is 4.65. The van der Waals surface area contributed by atoms with E-state index in [0.717, 1.165) is 31.6 Å². The van der Waals surface area contributed by atoms with Crippen LogP contribution in [0.2, 0.25) is 0 Å². The minimum atomic E-state index is -2.16. The van der Waals surface area contributed by atoms with Crippen molar-refractivity contribution in [3.8, 4) is 16.9 Å². The minimum absolute atomic E-state index is 0.401. The maximum Gasteiger partial charge on any atom is 0.241 e. The van der Waals surface area contributed by atoms with Crippen molar-refractivity contribution in [3.63, 3.8) is 0 Å². The van der Waals surface area contributed by atoms with Crippen molar-refractivity contribution in [1.29, 1.82) is 0 Å². The van der Waals surface area contributed by atoms with E-state index in [2.05, 4.69) is 55.5 Å². The molecule has 0 heterocycles. The van der Waals surface area contributed by atoms with Crippen LogP contribution in [0.1, 0.15) is 89.0 Å². The van der Waals surface area contributed by atoms with Gasteiger partial charge in [-0.15, -0.1) is 0 Å². The molecule has 0 saturated heterocycles. The molecule has 2 aromatic carbocycles. The molecule has 1 fully saturated rings. The minimum Gasteiger partial charge on any atom is -0.494 e. The highest BCUT2D eigenvalue weighted by atomic mass is 19.3. The zero-order chi connectivity index (χ0) is 21.9. The Labute approximate surface area is 187 Å². The second-order valence-electron chi connectivity index (χ2n) is 9.06. The van der Waals surface area contributed by atoms with Gasteiger partial charge in [-0.1, -0.05) is 81.8 Å². The van der Waals surface area contributed by atoms with Gasteiger partial charge in [0.25, 0.3) is 0 Å². The second-order valence-corrected chi connectivity index (χ2v) is 9.06. The highest BCUT2D eigenvalue weighted by Crippen LogP contribution is 2.38. The molecule has 0 aliphatic heterocycles. The van der Waals surface area contributed by atoms with Crippen molar-refractivity contribution in [3.05, 3.63) is 54.1 Å². The first-order valence-electron chi connectivity index (χ1n) is 12.3. The van der Waals surface area contributed by atoms with Crippen LogP contribution in [-0.4, -0.2) is 13.0 Å². The molecule has 0 radical (unpaired) electrons. The molecular weight excluding hydrogens is 390 g/mol. The topological polar surface area (TPSA) is 9.23 Å². The Morgan fingerprint density at radius 3 is 1.87 bits per heavy atom. The number of ether oxygens (including phenoxy) is 1. The van der Waals surface area contributed by atoms with Crippen molar-refractivity contribution < 1.29 is 13.5 Å². The van der Waals surface area contributed by atoms with Crippen LogP contribution < -0.4 is 4.74 Å². The van der Waals surface area contributed by atoms with Gasteiger partial charge in [0.05, 0.1) is 6.61 Å². The third-order valence-electron chi connectivity index (χ3n) is 6.71. The number of unbranched alkanes of at least 4 members (excludes halogenated alkanes) is 6. The van der Waals surface area contributed by atoms with Gasteiger partial charge in [0, 0.05) is 5.92 Å². The van der Waals surface area contributed by atoms with Crippen LogP contribution in [0.3, 0.4) is 0 Å². The number of rotatable bonds is 12. The van der Waals surface area contributed by atoms with Crippen LogP contribution >= 0.6 is 0 Å². The monoisotopic (exact) mass is 428 g/mol. The number of halogens is 2. The van der Waals surface area contributed by atoms with Crippen LogP contribution in [0.5, 0.6) is 5.75 Å². The molecule has 1 aliphatic carbocycles. The summed E-state index contributed by atoms with van der Waals surface area (Å²) in [6, 6.07) is 17.0. The fourth-order valence-corrected chi connectivity index (χ4v) is 4.65. The molecule has 2 aromatic rings. The molecule has 1 aliphatic rings. The van der Waals surface area contributed by atoms with Gasteiger partial charge < -0.3 is 4.74 Å². The van der Waals surface area contributed by atoms with Gasteiger partial charge >= 0.3 is 0 Å². The molecule has 0 atom stereocenters. The van der Waals surface area contributed by atoms with Gasteiger partial charge in [-0.05, 0) is 66.8 Å². The molecule has 0 amide bonds. The first-order chi connectivity index (χ1) is 15.2. The van der Waals surface area contributed by atoms with Gasteiger partial charge in [-0.3, -0.25) is 0 Å². The average Bonchev–Trinajstić information content (AvgIpc) is 2.81. The summed E-state index contributed by atoms with van der Waals surface area (Å²) in [4.78, 5) is 0. The molecule has 3 heteroatoms. The number of alkyl halides is 2. The summed E-state index contributed by atoms with van der Waals surface area (Å²) in [7, 11) is 0. The summed E-state index contributed by atoms with van der Waals surface area (Å²) in [5, 5.41) is 0. The smallest absolute Gasteiger partial charge is 0.241 e. The zero-order valence-electron chi connectivity index (χ0n) is 19.0. The maximum absolute atomic E-state index is 12.9. The molecule has 0 N–H and O–H groups in total. The SMILES string of the molecule is CCCCCCCCCOc1ccc(-c2ccc([C@H]3CC[C@H](C(F)F)CC3)cc2)cc1. The molecule has 31 heavy (non-hydrogen) atoms. The Bertz CT molecular complexity index is 731. The van der Waals surface area contributed by atoms with E-state index in [-0.39, 0.29) is 0 Å². The molecule has 1 nitrogen and oxygen atoms in total. The second kappa shape index (κ2) is 12.8. The van der Waals surface area contributed by atoms with E-state index in [1.165, 1.54) is 55.2 Å². The molecule has 170 valence electrons. The van der Waals surface area contributed by atoms with Crippen LogP contribution in [0.15, 0.2) is 48.5 Å². The Morgan fingerprint density at radius 2 is 1.29 bits per heavy atom. The van der Waals surface area contributed by atoms with E-state index in [9.17, 15) is 8.78 Å². The van der Waals surface area contributed by atoms with E-state index in [1.54, 1.807) is 0 Å². The van der Waals surface area contributed by atoms with Crippen molar-refractivity contribution >= 4 is 0 Å². The number of benzene rings is 2. The van der Waals surface area contributed by atoms with Crippen LogP contribution in [-0.2, 0) is 0 Å². The lowest BCUT2D eigenvalue weighted by Gasteiger charge is -2.28. The zero-order valence-corrected chi connectivity index (χ0v) is 19.0. The third kappa shape index (κ3) is 7.63. The first kappa shape index (κ1) is 23.8. The lowest BCUT2D eigenvalue weighted by atomic mass is 9.78. The summed E-state index contributed by atoms with van der Waals surface area (Å²) < 4.78 is 31.6. The van der Waals surface area contributed by atoms with Gasteiger partial charge in [0.1, 0.15) is 5.75 Å². The highest BCUT2D eigenvalue weighted by Gasteiger charge is 2.27. The predicted octanol–water partition coefficient (Wildman–Crippen LogP) is 9.02.